The Balaban J connectivity index is 1.95. The molecule has 2 aliphatic heterocycles. The van der Waals surface area contributed by atoms with Crippen LogP contribution < -0.4 is 0 Å². The lowest BCUT2D eigenvalue weighted by atomic mass is 9.99. The molecule has 0 saturated carbocycles. The largest absolute Gasteiger partial charge is 0.325 e. The summed E-state index contributed by atoms with van der Waals surface area (Å²) in [6, 6.07) is 0.773. The molecule has 17 heavy (non-hydrogen) atoms. The van der Waals surface area contributed by atoms with E-state index in [2.05, 4.69) is 30.6 Å². The Morgan fingerprint density at radius 1 is 1.12 bits per heavy atom. The van der Waals surface area contributed by atoms with Crippen molar-refractivity contribution in [1.82, 2.24) is 9.80 Å². The van der Waals surface area contributed by atoms with E-state index < -0.39 is 0 Å². The summed E-state index contributed by atoms with van der Waals surface area (Å²) in [6.07, 6.45) is 4.71. The van der Waals surface area contributed by atoms with Gasteiger partial charge in [0.1, 0.15) is 0 Å². The molecule has 2 saturated heterocycles. The van der Waals surface area contributed by atoms with Crippen molar-refractivity contribution in [3.05, 3.63) is 0 Å². The second-order valence-corrected chi connectivity index (χ2v) is 6.10. The van der Waals surface area contributed by atoms with Gasteiger partial charge in [0.2, 0.25) is 0 Å². The first-order valence-corrected chi connectivity index (χ1v) is 7.15. The first-order valence-electron chi connectivity index (χ1n) is 7.15. The maximum atomic E-state index is 12.5. The Hall–Kier alpha value is -0.730. The Labute approximate surface area is 105 Å². The zero-order chi connectivity index (χ0) is 12.4. The van der Waals surface area contributed by atoms with Gasteiger partial charge < -0.3 is 9.80 Å². The average molecular weight is 238 g/mol. The van der Waals surface area contributed by atoms with E-state index in [1.54, 1.807) is 0 Å². The molecule has 0 aromatic carbocycles. The van der Waals surface area contributed by atoms with Gasteiger partial charge in [-0.2, -0.15) is 0 Å². The van der Waals surface area contributed by atoms with Gasteiger partial charge in [0.05, 0.1) is 0 Å². The Morgan fingerprint density at radius 3 is 2.35 bits per heavy atom. The van der Waals surface area contributed by atoms with Gasteiger partial charge in [0, 0.05) is 25.7 Å². The van der Waals surface area contributed by atoms with Crippen LogP contribution in [0.4, 0.5) is 4.79 Å². The van der Waals surface area contributed by atoms with Crippen LogP contribution in [-0.2, 0) is 0 Å². The van der Waals surface area contributed by atoms with E-state index in [-0.39, 0.29) is 0 Å². The molecule has 2 aliphatic rings. The fourth-order valence-electron chi connectivity index (χ4n) is 3.10. The fraction of sp³-hybridized carbons (Fsp3) is 0.929. The van der Waals surface area contributed by atoms with E-state index >= 15 is 0 Å². The van der Waals surface area contributed by atoms with Crippen molar-refractivity contribution < 1.29 is 4.79 Å². The Bertz CT molecular complexity index is 269. The van der Waals surface area contributed by atoms with Crippen LogP contribution in [0.3, 0.4) is 0 Å². The van der Waals surface area contributed by atoms with Crippen molar-refractivity contribution >= 4 is 6.03 Å². The number of carbonyl (C=O) groups is 1. The number of piperidine rings is 1. The predicted octanol–water partition coefficient (Wildman–Crippen LogP) is 2.96. The molecule has 0 spiro atoms. The van der Waals surface area contributed by atoms with Gasteiger partial charge in [0.25, 0.3) is 0 Å². The van der Waals surface area contributed by atoms with Gasteiger partial charge in [0.15, 0.2) is 0 Å². The SMILES string of the molecule is CC1CCN(C(=O)N2CCCC2C(C)C)CC1. The number of likely N-dealkylation sites (tertiary alicyclic amines) is 2. The minimum absolute atomic E-state index is 0.299. The van der Waals surface area contributed by atoms with Crippen LogP contribution in [0.5, 0.6) is 0 Å². The molecular weight excluding hydrogens is 212 g/mol. The molecule has 0 aromatic heterocycles. The molecule has 2 amide bonds. The summed E-state index contributed by atoms with van der Waals surface area (Å²) < 4.78 is 0. The monoisotopic (exact) mass is 238 g/mol. The highest BCUT2D eigenvalue weighted by molar-refractivity contribution is 5.75. The van der Waals surface area contributed by atoms with Gasteiger partial charge in [-0.3, -0.25) is 0 Å². The number of carbonyl (C=O) groups excluding carboxylic acids is 1. The number of urea groups is 1. The van der Waals surface area contributed by atoms with Crippen LogP contribution in [-0.4, -0.2) is 41.5 Å². The summed E-state index contributed by atoms with van der Waals surface area (Å²) >= 11 is 0. The van der Waals surface area contributed by atoms with Crippen molar-refractivity contribution in [1.29, 1.82) is 0 Å². The van der Waals surface area contributed by atoms with Crippen LogP contribution >= 0.6 is 0 Å². The fourth-order valence-corrected chi connectivity index (χ4v) is 3.10. The van der Waals surface area contributed by atoms with Gasteiger partial charge in [-0.1, -0.05) is 20.8 Å². The second-order valence-electron chi connectivity index (χ2n) is 6.10. The number of nitrogens with zero attached hydrogens (tertiary/aromatic N) is 2. The third-order valence-corrected chi connectivity index (χ3v) is 4.37. The van der Waals surface area contributed by atoms with E-state index in [1.807, 2.05) is 0 Å². The highest BCUT2D eigenvalue weighted by Crippen LogP contribution is 2.26. The topological polar surface area (TPSA) is 23.6 Å². The summed E-state index contributed by atoms with van der Waals surface area (Å²) in [6.45, 7) is 9.63. The average Bonchev–Trinajstić information content (AvgIpc) is 2.78. The highest BCUT2D eigenvalue weighted by atomic mass is 16.2. The quantitative estimate of drug-likeness (QED) is 0.689. The molecule has 2 heterocycles. The van der Waals surface area contributed by atoms with Crippen molar-refractivity contribution in [2.45, 2.75) is 52.5 Å². The molecule has 2 rings (SSSR count). The number of rotatable bonds is 1. The molecule has 3 heteroatoms. The molecule has 0 radical (unpaired) electrons. The van der Waals surface area contributed by atoms with E-state index in [9.17, 15) is 4.79 Å². The Kier molecular flexibility index (Phi) is 3.95. The minimum Gasteiger partial charge on any atom is -0.325 e. The number of hydrogen-bond acceptors (Lipinski definition) is 1. The summed E-state index contributed by atoms with van der Waals surface area (Å²) in [7, 11) is 0. The molecule has 0 aliphatic carbocycles. The molecule has 0 bridgehead atoms. The lowest BCUT2D eigenvalue weighted by molar-refractivity contribution is 0.122. The zero-order valence-corrected chi connectivity index (χ0v) is 11.5. The van der Waals surface area contributed by atoms with Gasteiger partial charge in [-0.25, -0.2) is 4.79 Å². The van der Waals surface area contributed by atoms with Crippen LogP contribution in [0, 0.1) is 11.8 Å². The molecule has 3 nitrogen and oxygen atoms in total. The standard InChI is InChI=1S/C14H26N2O/c1-11(2)13-5-4-8-16(13)14(17)15-9-6-12(3)7-10-15/h11-13H,4-10H2,1-3H3. The summed E-state index contributed by atoms with van der Waals surface area (Å²) in [5, 5.41) is 0. The van der Waals surface area contributed by atoms with E-state index in [1.165, 1.54) is 25.7 Å². The zero-order valence-electron chi connectivity index (χ0n) is 11.5. The summed E-state index contributed by atoms with van der Waals surface area (Å²) in [5.74, 6) is 1.38. The summed E-state index contributed by atoms with van der Waals surface area (Å²) in [4.78, 5) is 16.7. The first-order chi connectivity index (χ1) is 8.09. The first kappa shape index (κ1) is 12.7. The maximum Gasteiger partial charge on any atom is 0.320 e. The molecule has 1 unspecified atom stereocenters. The van der Waals surface area contributed by atoms with Gasteiger partial charge >= 0.3 is 6.03 Å². The van der Waals surface area contributed by atoms with E-state index in [4.69, 9.17) is 0 Å². The van der Waals surface area contributed by atoms with Crippen LogP contribution in [0.25, 0.3) is 0 Å². The third kappa shape index (κ3) is 2.75. The molecule has 1 atom stereocenters. The third-order valence-electron chi connectivity index (χ3n) is 4.37. The smallest absolute Gasteiger partial charge is 0.320 e. The Morgan fingerprint density at radius 2 is 1.76 bits per heavy atom. The van der Waals surface area contributed by atoms with Gasteiger partial charge in [-0.15, -0.1) is 0 Å². The van der Waals surface area contributed by atoms with E-state index in [0.717, 1.165) is 25.6 Å². The molecule has 2 fully saturated rings. The number of hydrogen-bond donors (Lipinski definition) is 0. The lowest BCUT2D eigenvalue weighted by Crippen LogP contribution is -2.49. The van der Waals surface area contributed by atoms with Gasteiger partial charge in [-0.05, 0) is 37.5 Å². The van der Waals surface area contributed by atoms with Crippen molar-refractivity contribution in [2.24, 2.45) is 11.8 Å². The molecule has 0 aromatic rings. The van der Waals surface area contributed by atoms with E-state index in [0.29, 0.717) is 18.0 Å². The molecule has 98 valence electrons. The molecule has 0 N–H and O–H groups in total. The number of amides is 2. The van der Waals surface area contributed by atoms with Crippen molar-refractivity contribution in [2.75, 3.05) is 19.6 Å². The second kappa shape index (κ2) is 5.28. The minimum atomic E-state index is 0.299. The lowest BCUT2D eigenvalue weighted by Gasteiger charge is -2.36. The molecular formula is C14H26N2O. The van der Waals surface area contributed by atoms with Crippen molar-refractivity contribution in [3.63, 3.8) is 0 Å². The van der Waals surface area contributed by atoms with Crippen LogP contribution in [0.2, 0.25) is 0 Å². The predicted molar refractivity (Wildman–Crippen MR) is 69.9 cm³/mol. The highest BCUT2D eigenvalue weighted by Gasteiger charge is 2.34. The summed E-state index contributed by atoms with van der Waals surface area (Å²) in [5.41, 5.74) is 0. The maximum absolute atomic E-state index is 12.5. The normalized spacial score (nSPS) is 26.9. The van der Waals surface area contributed by atoms with Crippen LogP contribution in [0.15, 0.2) is 0 Å². The van der Waals surface area contributed by atoms with Crippen molar-refractivity contribution in [3.8, 4) is 0 Å². The van der Waals surface area contributed by atoms with Crippen LogP contribution in [0.1, 0.15) is 46.5 Å².